The molecule has 0 saturated carbocycles. The fraction of sp³-hybridized carbons (Fsp3) is 1.00. The molecule has 0 aliphatic carbocycles. The SMILES string of the molecule is CN(C)S(=O)(=O)CCNCC1CCCCN1. The van der Waals surface area contributed by atoms with Gasteiger partial charge in [0, 0.05) is 33.2 Å². The Labute approximate surface area is 98.6 Å². The molecule has 6 heteroatoms. The molecule has 0 aromatic carbocycles. The maximum Gasteiger partial charge on any atom is 0.214 e. The minimum Gasteiger partial charge on any atom is -0.314 e. The summed E-state index contributed by atoms with van der Waals surface area (Å²) in [4.78, 5) is 0. The summed E-state index contributed by atoms with van der Waals surface area (Å²) in [6.45, 7) is 2.48. The zero-order valence-corrected chi connectivity index (χ0v) is 11.0. The molecule has 0 aromatic rings. The normalized spacial score (nSPS) is 22.6. The molecule has 5 nitrogen and oxygen atoms in total. The minimum absolute atomic E-state index is 0.173. The van der Waals surface area contributed by atoms with Crippen molar-refractivity contribution in [1.29, 1.82) is 0 Å². The first-order valence-corrected chi connectivity index (χ1v) is 7.47. The van der Waals surface area contributed by atoms with E-state index >= 15 is 0 Å². The zero-order valence-electron chi connectivity index (χ0n) is 10.2. The Hall–Kier alpha value is -0.170. The number of hydrogen-bond donors (Lipinski definition) is 2. The molecule has 1 aliphatic rings. The summed E-state index contributed by atoms with van der Waals surface area (Å²) in [5, 5.41) is 6.61. The van der Waals surface area contributed by atoms with Crippen LogP contribution >= 0.6 is 0 Å². The lowest BCUT2D eigenvalue weighted by atomic mass is 10.1. The van der Waals surface area contributed by atoms with Gasteiger partial charge in [-0.3, -0.25) is 0 Å². The first-order valence-electron chi connectivity index (χ1n) is 5.86. The average molecular weight is 249 g/mol. The molecule has 96 valence electrons. The van der Waals surface area contributed by atoms with E-state index in [2.05, 4.69) is 10.6 Å². The van der Waals surface area contributed by atoms with Gasteiger partial charge in [-0.15, -0.1) is 0 Å². The summed E-state index contributed by atoms with van der Waals surface area (Å²) in [7, 11) is 0.0842. The van der Waals surface area contributed by atoms with E-state index in [4.69, 9.17) is 0 Å². The van der Waals surface area contributed by atoms with E-state index in [-0.39, 0.29) is 5.75 Å². The molecular formula is C10H23N3O2S. The zero-order chi connectivity index (χ0) is 12.0. The molecule has 2 N–H and O–H groups in total. The van der Waals surface area contributed by atoms with Crippen molar-refractivity contribution < 1.29 is 8.42 Å². The highest BCUT2D eigenvalue weighted by atomic mass is 32.2. The van der Waals surface area contributed by atoms with Crippen molar-refractivity contribution in [2.24, 2.45) is 0 Å². The standard InChI is InChI=1S/C10H23N3O2S/c1-13(2)16(14,15)8-7-11-9-10-5-3-4-6-12-10/h10-12H,3-9H2,1-2H3. The summed E-state index contributed by atoms with van der Waals surface area (Å²) in [5.74, 6) is 0.173. The third-order valence-corrected chi connectivity index (χ3v) is 4.73. The van der Waals surface area contributed by atoms with Crippen molar-refractivity contribution in [2.45, 2.75) is 25.3 Å². The molecule has 1 saturated heterocycles. The Morgan fingerprint density at radius 3 is 2.69 bits per heavy atom. The Bertz CT molecular complexity index is 284. The van der Waals surface area contributed by atoms with E-state index < -0.39 is 10.0 Å². The molecule has 1 heterocycles. The van der Waals surface area contributed by atoms with Gasteiger partial charge < -0.3 is 10.6 Å². The van der Waals surface area contributed by atoms with Gasteiger partial charge in [0.05, 0.1) is 5.75 Å². The molecule has 0 spiro atoms. The number of nitrogens with zero attached hydrogens (tertiary/aromatic N) is 1. The van der Waals surface area contributed by atoms with Gasteiger partial charge in [0.2, 0.25) is 10.0 Å². The van der Waals surface area contributed by atoms with Crippen LogP contribution in [-0.2, 0) is 10.0 Å². The molecule has 1 rings (SSSR count). The van der Waals surface area contributed by atoms with Crippen LogP contribution in [-0.4, -0.2) is 58.2 Å². The van der Waals surface area contributed by atoms with E-state index in [1.54, 1.807) is 14.1 Å². The number of sulfonamides is 1. The molecule has 1 unspecified atom stereocenters. The van der Waals surface area contributed by atoms with Crippen molar-refractivity contribution in [1.82, 2.24) is 14.9 Å². The van der Waals surface area contributed by atoms with Crippen LogP contribution in [0.1, 0.15) is 19.3 Å². The van der Waals surface area contributed by atoms with Gasteiger partial charge in [0.1, 0.15) is 0 Å². The summed E-state index contributed by atoms with van der Waals surface area (Å²) in [5.41, 5.74) is 0. The summed E-state index contributed by atoms with van der Waals surface area (Å²) >= 11 is 0. The molecule has 1 atom stereocenters. The second-order valence-corrected chi connectivity index (χ2v) is 6.75. The van der Waals surface area contributed by atoms with Gasteiger partial charge in [0.25, 0.3) is 0 Å². The topological polar surface area (TPSA) is 61.4 Å². The lowest BCUT2D eigenvalue weighted by Crippen LogP contribution is -2.43. The van der Waals surface area contributed by atoms with Crippen molar-refractivity contribution >= 4 is 10.0 Å². The highest BCUT2D eigenvalue weighted by Crippen LogP contribution is 2.05. The largest absolute Gasteiger partial charge is 0.314 e. The number of hydrogen-bond acceptors (Lipinski definition) is 4. The quantitative estimate of drug-likeness (QED) is 0.629. The molecule has 0 aromatic heterocycles. The summed E-state index contributed by atoms with van der Waals surface area (Å²) in [6, 6.07) is 0.510. The molecule has 1 fully saturated rings. The summed E-state index contributed by atoms with van der Waals surface area (Å²) < 4.78 is 24.2. The highest BCUT2D eigenvalue weighted by Gasteiger charge is 2.14. The predicted molar refractivity (Wildman–Crippen MR) is 66.0 cm³/mol. The first-order chi connectivity index (χ1) is 7.52. The van der Waals surface area contributed by atoms with Gasteiger partial charge >= 0.3 is 0 Å². The Kier molecular flexibility index (Phi) is 5.68. The third kappa shape index (κ3) is 4.78. The lowest BCUT2D eigenvalue weighted by molar-refractivity contribution is 0.386. The van der Waals surface area contributed by atoms with Crippen LogP contribution in [0, 0.1) is 0 Å². The van der Waals surface area contributed by atoms with Gasteiger partial charge in [-0.05, 0) is 19.4 Å². The van der Waals surface area contributed by atoms with Crippen LogP contribution in [0.2, 0.25) is 0 Å². The van der Waals surface area contributed by atoms with Crippen molar-refractivity contribution in [2.75, 3.05) is 39.5 Å². The van der Waals surface area contributed by atoms with Gasteiger partial charge in [-0.1, -0.05) is 6.42 Å². The van der Waals surface area contributed by atoms with E-state index in [0.29, 0.717) is 12.6 Å². The smallest absolute Gasteiger partial charge is 0.214 e. The maximum atomic E-state index is 11.5. The lowest BCUT2D eigenvalue weighted by Gasteiger charge is -2.23. The Morgan fingerprint density at radius 1 is 1.38 bits per heavy atom. The first kappa shape index (κ1) is 13.9. The number of nitrogens with one attached hydrogen (secondary N) is 2. The highest BCUT2D eigenvalue weighted by molar-refractivity contribution is 7.89. The van der Waals surface area contributed by atoms with Crippen LogP contribution < -0.4 is 10.6 Å². The van der Waals surface area contributed by atoms with Gasteiger partial charge in [-0.2, -0.15) is 0 Å². The number of piperidine rings is 1. The third-order valence-electron chi connectivity index (χ3n) is 2.90. The van der Waals surface area contributed by atoms with Gasteiger partial charge in [-0.25, -0.2) is 12.7 Å². The van der Waals surface area contributed by atoms with E-state index in [1.165, 1.54) is 23.6 Å². The summed E-state index contributed by atoms with van der Waals surface area (Å²) in [6.07, 6.45) is 3.72. The second kappa shape index (κ2) is 6.54. The average Bonchev–Trinajstić information content (AvgIpc) is 2.26. The maximum absolute atomic E-state index is 11.5. The van der Waals surface area contributed by atoms with E-state index in [1.807, 2.05) is 0 Å². The van der Waals surface area contributed by atoms with Crippen LogP contribution in [0.4, 0.5) is 0 Å². The van der Waals surface area contributed by atoms with Crippen molar-refractivity contribution in [3.05, 3.63) is 0 Å². The van der Waals surface area contributed by atoms with Crippen LogP contribution in [0.5, 0.6) is 0 Å². The minimum atomic E-state index is -3.05. The molecule has 1 aliphatic heterocycles. The molecular weight excluding hydrogens is 226 g/mol. The fourth-order valence-electron chi connectivity index (χ4n) is 1.76. The Morgan fingerprint density at radius 2 is 2.12 bits per heavy atom. The van der Waals surface area contributed by atoms with E-state index in [9.17, 15) is 8.42 Å². The van der Waals surface area contributed by atoms with E-state index in [0.717, 1.165) is 13.1 Å². The predicted octanol–water partition coefficient (Wildman–Crippen LogP) is -0.390. The van der Waals surface area contributed by atoms with Crippen LogP contribution in [0.25, 0.3) is 0 Å². The molecule has 0 radical (unpaired) electrons. The van der Waals surface area contributed by atoms with Crippen LogP contribution in [0.3, 0.4) is 0 Å². The fourth-order valence-corrected chi connectivity index (χ4v) is 2.53. The van der Waals surface area contributed by atoms with Crippen molar-refractivity contribution in [3.63, 3.8) is 0 Å². The second-order valence-electron chi connectivity index (χ2n) is 4.45. The molecule has 0 amide bonds. The monoisotopic (exact) mass is 249 g/mol. The van der Waals surface area contributed by atoms with Crippen LogP contribution in [0.15, 0.2) is 0 Å². The Balaban J connectivity index is 2.11. The van der Waals surface area contributed by atoms with Gasteiger partial charge in [0.15, 0.2) is 0 Å². The molecule has 16 heavy (non-hydrogen) atoms. The number of rotatable bonds is 6. The van der Waals surface area contributed by atoms with Crippen molar-refractivity contribution in [3.8, 4) is 0 Å². The molecule has 0 bridgehead atoms.